The van der Waals surface area contributed by atoms with E-state index in [4.69, 9.17) is 5.11 Å². The molecule has 0 spiro atoms. The Labute approximate surface area is 120 Å². The minimum Gasteiger partial charge on any atom is -0.481 e. The van der Waals surface area contributed by atoms with Crippen LogP contribution in [0, 0.1) is 5.92 Å². The Kier molecular flexibility index (Phi) is 12.1. The molecule has 0 heterocycles. The molecule has 0 aliphatic rings. The van der Waals surface area contributed by atoms with E-state index in [0.29, 0.717) is 44.9 Å². The smallest absolute Gasteiger partial charge is 0.306 e. The van der Waals surface area contributed by atoms with Crippen molar-refractivity contribution >= 4 is 5.97 Å². The number of aliphatic carboxylic acids is 1. The highest BCUT2D eigenvalue weighted by Crippen LogP contribution is 2.20. The van der Waals surface area contributed by atoms with Crippen LogP contribution in [0.3, 0.4) is 0 Å². The first-order valence-corrected chi connectivity index (χ1v) is 7.29. The molecule has 0 saturated carbocycles. The van der Waals surface area contributed by atoms with Crippen molar-refractivity contribution in [3.05, 3.63) is 23.8 Å². The van der Waals surface area contributed by atoms with Crippen molar-refractivity contribution in [1.82, 2.24) is 0 Å². The Balaban J connectivity index is 4.38. The van der Waals surface area contributed by atoms with Gasteiger partial charge in [-0.05, 0) is 51.9 Å². The molecule has 0 aromatic rings. The molecule has 0 radical (unpaired) electrons. The molecule has 0 unspecified atom stereocenters. The van der Waals surface area contributed by atoms with Crippen LogP contribution in [0.1, 0.15) is 51.9 Å². The molecular weight excluding hydrogens is 262 g/mol. The van der Waals surface area contributed by atoms with E-state index in [9.17, 15) is 13.6 Å². The number of hydrogen-bond donors (Lipinski definition) is 1. The van der Waals surface area contributed by atoms with Crippen LogP contribution in [0.5, 0.6) is 0 Å². The van der Waals surface area contributed by atoms with E-state index in [1.54, 1.807) is 0 Å². The number of alkyl halides is 2. The summed E-state index contributed by atoms with van der Waals surface area (Å²) in [6.45, 7) is 1.13. The van der Waals surface area contributed by atoms with E-state index >= 15 is 0 Å². The maximum Gasteiger partial charge on any atom is 0.306 e. The Morgan fingerprint density at radius 3 is 2.45 bits per heavy atom. The zero-order valence-electron chi connectivity index (χ0n) is 12.3. The predicted octanol–water partition coefficient (Wildman–Crippen LogP) is 4.86. The predicted molar refractivity (Wildman–Crippen MR) is 78.3 cm³/mol. The van der Waals surface area contributed by atoms with Gasteiger partial charge in [-0.1, -0.05) is 23.8 Å². The summed E-state index contributed by atoms with van der Waals surface area (Å²) in [4.78, 5) is 11.1. The van der Waals surface area contributed by atoms with Crippen LogP contribution in [-0.4, -0.2) is 24.4 Å². The third-order valence-corrected chi connectivity index (χ3v) is 3.22. The molecule has 1 N–H and O–H groups in total. The number of unbranched alkanes of at least 4 members (excludes halogenated alkanes) is 1. The second-order valence-corrected chi connectivity index (χ2v) is 4.86. The fraction of sp³-hybridized carbons (Fsp3) is 0.688. The van der Waals surface area contributed by atoms with Crippen LogP contribution in [0.25, 0.3) is 0 Å². The molecule has 1 atom stereocenters. The molecule has 0 rings (SSSR count). The zero-order chi connectivity index (χ0) is 15.2. The lowest BCUT2D eigenvalue weighted by Gasteiger charge is -2.12. The fourth-order valence-corrected chi connectivity index (χ4v) is 2.01. The Morgan fingerprint density at radius 2 is 1.90 bits per heavy atom. The van der Waals surface area contributed by atoms with Gasteiger partial charge >= 0.3 is 5.97 Å². The lowest BCUT2D eigenvalue weighted by atomic mass is 9.94. The van der Waals surface area contributed by atoms with Crippen LogP contribution >= 0.6 is 0 Å². The normalized spacial score (nSPS) is 13.8. The van der Waals surface area contributed by atoms with Crippen LogP contribution in [0.4, 0.5) is 8.78 Å². The standard InChI is InChI=1S/C16H26F2O2/c1-2-3-9-15(16(19)20)11-10-14(8-6-13-18)7-4-5-12-17/h2-3,7,15H,4-6,8-13H2,1H3,(H,19,20)/b3-2-,14-7+/t15-/m0/s1. The van der Waals surface area contributed by atoms with Gasteiger partial charge in [0.15, 0.2) is 0 Å². The lowest BCUT2D eigenvalue weighted by molar-refractivity contribution is -0.141. The van der Waals surface area contributed by atoms with Crippen LogP contribution in [0.2, 0.25) is 0 Å². The highest BCUT2D eigenvalue weighted by atomic mass is 19.1. The Hall–Kier alpha value is -1.19. The summed E-state index contributed by atoms with van der Waals surface area (Å²) < 4.78 is 24.3. The third kappa shape index (κ3) is 9.70. The van der Waals surface area contributed by atoms with Crippen LogP contribution < -0.4 is 0 Å². The SMILES string of the molecule is C/C=C\C[C@@H](CC/C(=C/CCCF)CCCF)C(=O)O. The average molecular weight is 288 g/mol. The van der Waals surface area contributed by atoms with Crippen molar-refractivity contribution in [3.63, 3.8) is 0 Å². The minimum absolute atomic E-state index is 0.355. The molecule has 20 heavy (non-hydrogen) atoms. The second kappa shape index (κ2) is 12.8. The third-order valence-electron chi connectivity index (χ3n) is 3.22. The summed E-state index contributed by atoms with van der Waals surface area (Å²) in [7, 11) is 0. The summed E-state index contributed by atoms with van der Waals surface area (Å²) in [6, 6.07) is 0. The summed E-state index contributed by atoms with van der Waals surface area (Å²) in [5, 5.41) is 9.14. The lowest BCUT2D eigenvalue weighted by Crippen LogP contribution is -2.13. The fourth-order valence-electron chi connectivity index (χ4n) is 2.01. The number of allylic oxidation sites excluding steroid dienone is 4. The molecule has 116 valence electrons. The van der Waals surface area contributed by atoms with Crippen molar-refractivity contribution in [1.29, 1.82) is 0 Å². The Bertz CT molecular complexity index is 312. The number of carboxylic acids is 1. The summed E-state index contributed by atoms with van der Waals surface area (Å²) in [6.07, 6.45) is 9.58. The van der Waals surface area contributed by atoms with E-state index in [1.165, 1.54) is 0 Å². The molecule has 0 amide bonds. The number of hydrogen-bond acceptors (Lipinski definition) is 1. The van der Waals surface area contributed by atoms with Gasteiger partial charge in [-0.15, -0.1) is 0 Å². The topological polar surface area (TPSA) is 37.3 Å². The van der Waals surface area contributed by atoms with Gasteiger partial charge in [0.2, 0.25) is 0 Å². The first kappa shape index (κ1) is 18.8. The minimum atomic E-state index is -0.795. The van der Waals surface area contributed by atoms with Gasteiger partial charge in [-0.3, -0.25) is 13.6 Å². The van der Waals surface area contributed by atoms with Crippen molar-refractivity contribution < 1.29 is 18.7 Å². The second-order valence-electron chi connectivity index (χ2n) is 4.86. The van der Waals surface area contributed by atoms with Crippen molar-refractivity contribution in [2.45, 2.75) is 51.9 Å². The van der Waals surface area contributed by atoms with E-state index in [0.717, 1.165) is 5.57 Å². The van der Waals surface area contributed by atoms with E-state index in [1.807, 2.05) is 25.2 Å². The van der Waals surface area contributed by atoms with Gasteiger partial charge < -0.3 is 5.11 Å². The summed E-state index contributed by atoms with van der Waals surface area (Å²) >= 11 is 0. The summed E-state index contributed by atoms with van der Waals surface area (Å²) in [5.41, 5.74) is 1.06. The highest BCUT2D eigenvalue weighted by Gasteiger charge is 2.16. The Morgan fingerprint density at radius 1 is 1.20 bits per heavy atom. The average Bonchev–Trinajstić information content (AvgIpc) is 2.43. The van der Waals surface area contributed by atoms with E-state index < -0.39 is 11.9 Å². The summed E-state index contributed by atoms with van der Waals surface area (Å²) in [5.74, 6) is -1.20. The molecule has 0 aromatic carbocycles. The van der Waals surface area contributed by atoms with E-state index in [2.05, 4.69) is 0 Å². The molecule has 0 aliphatic carbocycles. The van der Waals surface area contributed by atoms with Gasteiger partial charge in [-0.25, -0.2) is 0 Å². The van der Waals surface area contributed by atoms with Gasteiger partial charge in [0.1, 0.15) is 0 Å². The van der Waals surface area contributed by atoms with Crippen LogP contribution in [-0.2, 0) is 4.79 Å². The molecule has 0 aromatic heterocycles. The largest absolute Gasteiger partial charge is 0.481 e. The van der Waals surface area contributed by atoms with Crippen molar-refractivity contribution in [3.8, 4) is 0 Å². The molecule has 4 heteroatoms. The number of carboxylic acid groups (broad SMARTS) is 1. The number of halogens is 2. The number of carbonyl (C=O) groups is 1. The molecule has 0 aliphatic heterocycles. The molecule has 2 nitrogen and oxygen atoms in total. The van der Waals surface area contributed by atoms with Crippen molar-refractivity contribution in [2.75, 3.05) is 13.3 Å². The monoisotopic (exact) mass is 288 g/mol. The van der Waals surface area contributed by atoms with Gasteiger partial charge in [0, 0.05) is 0 Å². The van der Waals surface area contributed by atoms with Gasteiger partial charge in [-0.2, -0.15) is 0 Å². The van der Waals surface area contributed by atoms with Crippen molar-refractivity contribution in [2.24, 2.45) is 5.92 Å². The quantitative estimate of drug-likeness (QED) is 0.411. The van der Waals surface area contributed by atoms with E-state index in [-0.39, 0.29) is 13.3 Å². The maximum atomic E-state index is 12.2. The molecule has 0 bridgehead atoms. The number of rotatable bonds is 12. The van der Waals surface area contributed by atoms with Crippen LogP contribution in [0.15, 0.2) is 23.8 Å². The van der Waals surface area contributed by atoms with Gasteiger partial charge in [0.25, 0.3) is 0 Å². The zero-order valence-corrected chi connectivity index (χ0v) is 12.3. The first-order valence-electron chi connectivity index (χ1n) is 7.29. The highest BCUT2D eigenvalue weighted by molar-refractivity contribution is 5.70. The maximum absolute atomic E-state index is 12.2. The first-order chi connectivity index (χ1) is 9.65. The molecular formula is C16H26F2O2. The molecule has 0 saturated heterocycles. The molecule has 0 fully saturated rings. The van der Waals surface area contributed by atoms with Gasteiger partial charge in [0.05, 0.1) is 19.3 Å².